The monoisotopic (exact) mass is 1040 g/mol. The summed E-state index contributed by atoms with van der Waals surface area (Å²) in [5.74, 6) is 0. The molecule has 1 aliphatic carbocycles. The van der Waals surface area contributed by atoms with Crippen molar-refractivity contribution in [3.63, 3.8) is 0 Å². The lowest BCUT2D eigenvalue weighted by atomic mass is 9.68. The molecule has 0 amide bonds. The highest BCUT2D eigenvalue weighted by molar-refractivity contribution is 5.91. The van der Waals surface area contributed by atoms with Gasteiger partial charge in [0.05, 0.1) is 11.4 Å². The molecule has 2 nitrogen and oxygen atoms in total. The van der Waals surface area contributed by atoms with Gasteiger partial charge < -0.3 is 9.80 Å². The molecule has 0 N–H and O–H groups in total. The van der Waals surface area contributed by atoms with Crippen LogP contribution < -0.4 is 9.80 Å². The Morgan fingerprint density at radius 2 is 0.744 bits per heavy atom. The van der Waals surface area contributed by atoms with Gasteiger partial charge >= 0.3 is 0 Å². The smallest absolute Gasteiger partial charge is 0.0520 e. The third kappa shape index (κ3) is 11.7. The molecule has 0 heterocycles. The van der Waals surface area contributed by atoms with E-state index >= 15 is 0 Å². The molecule has 0 atom stereocenters. The molecule has 0 unspecified atom stereocenters. The van der Waals surface area contributed by atoms with Crippen molar-refractivity contribution in [2.45, 2.75) is 223 Å². The van der Waals surface area contributed by atoms with E-state index in [9.17, 15) is 0 Å². The molecule has 0 aromatic heterocycles. The SMILES string of the molecule is CCCCCCCCC1(c2cc(C)cc(CCCCCC)c2)c2cc(N(c3ccc(C(C)(CC)CC)cc3)c3c(C)cc(C)cc3C)ccc2-c2ccc(N(c3ccc(C(C)(CC)CC)cc3)c3c(C)cc(C)cc3C)cc21. The summed E-state index contributed by atoms with van der Waals surface area (Å²) in [6, 6.07) is 51.7. The molecular weight excluding hydrogens is 941 g/mol. The molecule has 0 aliphatic heterocycles. The van der Waals surface area contributed by atoms with Crippen LogP contribution in [-0.2, 0) is 22.7 Å². The molecular formula is C76H98N2. The topological polar surface area (TPSA) is 6.48 Å². The Balaban J connectivity index is 1.42. The maximum Gasteiger partial charge on any atom is 0.0520 e. The van der Waals surface area contributed by atoms with Crippen LogP contribution in [-0.4, -0.2) is 0 Å². The first-order chi connectivity index (χ1) is 37.5. The van der Waals surface area contributed by atoms with E-state index in [1.807, 2.05) is 0 Å². The van der Waals surface area contributed by atoms with E-state index in [1.165, 1.54) is 175 Å². The highest BCUT2D eigenvalue weighted by atomic mass is 15.2. The minimum absolute atomic E-state index is 0.136. The summed E-state index contributed by atoms with van der Waals surface area (Å²) >= 11 is 0. The van der Waals surface area contributed by atoms with Gasteiger partial charge in [-0.2, -0.15) is 0 Å². The van der Waals surface area contributed by atoms with Crippen LogP contribution in [0, 0.1) is 48.5 Å². The molecule has 0 saturated heterocycles. The average molecular weight is 1040 g/mol. The van der Waals surface area contributed by atoms with E-state index < -0.39 is 5.41 Å². The molecule has 0 radical (unpaired) electrons. The summed E-state index contributed by atoms with van der Waals surface area (Å²) in [5.41, 5.74) is 27.8. The number of anilines is 6. The van der Waals surface area contributed by atoms with Crippen molar-refractivity contribution in [1.82, 2.24) is 0 Å². The third-order valence-electron chi connectivity index (χ3n) is 19.1. The first kappa shape index (κ1) is 58.3. The predicted octanol–water partition coefficient (Wildman–Crippen LogP) is 23.1. The second-order valence-corrected chi connectivity index (χ2v) is 24.7. The summed E-state index contributed by atoms with van der Waals surface area (Å²) in [6.45, 7) is 34.9. The fourth-order valence-electron chi connectivity index (χ4n) is 13.8. The van der Waals surface area contributed by atoms with E-state index in [4.69, 9.17) is 0 Å². The van der Waals surface area contributed by atoms with E-state index in [1.54, 1.807) is 0 Å². The average Bonchev–Trinajstić information content (AvgIpc) is 3.89. The Hall–Kier alpha value is -5.86. The van der Waals surface area contributed by atoms with Crippen LogP contribution in [0.4, 0.5) is 34.1 Å². The normalized spacial score (nSPS) is 13.0. The standard InChI is InChI=1S/C76H98N2/c1-16-22-24-26-27-29-43-76(63-49-55(9)48-60(50-63)30-28-25-23-17-2)70-51-66(77(72-56(10)44-53(7)45-57(72)11)64-35-31-61(32-36-64)74(14,18-3)19-4)39-41-68(70)69-42-40-67(52-71(69)76)78(73-58(12)46-54(8)47-59(73)13)65-37-33-62(34-38-65)75(15,20-5)21-6/h31-42,44-52H,16-30,43H2,1-15H3. The van der Waals surface area contributed by atoms with Gasteiger partial charge in [0.1, 0.15) is 0 Å². The number of nitrogens with zero attached hydrogens (tertiary/aromatic N) is 2. The summed E-state index contributed by atoms with van der Waals surface area (Å²) in [6.07, 6.45) is 19.1. The fourth-order valence-corrected chi connectivity index (χ4v) is 13.8. The van der Waals surface area contributed by atoms with Crippen LogP contribution in [0.15, 0.2) is 127 Å². The largest absolute Gasteiger partial charge is 0.310 e. The summed E-state index contributed by atoms with van der Waals surface area (Å²) in [7, 11) is 0. The van der Waals surface area contributed by atoms with Gasteiger partial charge in [-0.25, -0.2) is 0 Å². The quantitative estimate of drug-likeness (QED) is 0.0527. The number of fused-ring (bicyclic) bond motifs is 3. The molecule has 0 fully saturated rings. The Morgan fingerprint density at radius 1 is 0.372 bits per heavy atom. The second kappa shape index (κ2) is 25.1. The lowest BCUT2D eigenvalue weighted by Gasteiger charge is -2.36. The van der Waals surface area contributed by atoms with Gasteiger partial charge in [0.15, 0.2) is 0 Å². The van der Waals surface area contributed by atoms with Crippen LogP contribution in [0.5, 0.6) is 0 Å². The maximum absolute atomic E-state index is 2.65. The van der Waals surface area contributed by atoms with Gasteiger partial charge in [0.25, 0.3) is 0 Å². The predicted molar refractivity (Wildman–Crippen MR) is 342 cm³/mol. The van der Waals surface area contributed by atoms with Crippen molar-refractivity contribution in [3.8, 4) is 11.1 Å². The molecule has 0 spiro atoms. The van der Waals surface area contributed by atoms with Crippen LogP contribution in [0.25, 0.3) is 11.1 Å². The van der Waals surface area contributed by atoms with Crippen molar-refractivity contribution in [2.75, 3.05) is 9.80 Å². The minimum atomic E-state index is -0.403. The maximum atomic E-state index is 2.65. The lowest BCUT2D eigenvalue weighted by Crippen LogP contribution is -2.28. The number of rotatable bonds is 25. The third-order valence-corrected chi connectivity index (χ3v) is 19.1. The Labute approximate surface area is 475 Å². The summed E-state index contributed by atoms with van der Waals surface area (Å²) in [5, 5.41) is 0. The lowest BCUT2D eigenvalue weighted by molar-refractivity contribution is 0.439. The van der Waals surface area contributed by atoms with Crippen LogP contribution in [0.1, 0.15) is 224 Å². The van der Waals surface area contributed by atoms with Crippen molar-refractivity contribution >= 4 is 34.1 Å². The number of benzene rings is 7. The zero-order valence-electron chi connectivity index (χ0n) is 51.3. The van der Waals surface area contributed by atoms with Gasteiger partial charge in [0.2, 0.25) is 0 Å². The van der Waals surface area contributed by atoms with E-state index in [2.05, 4.69) is 241 Å². The number of unbranched alkanes of at least 4 members (excludes halogenated alkanes) is 8. The molecule has 8 rings (SSSR count). The first-order valence-electron chi connectivity index (χ1n) is 30.9. The van der Waals surface area contributed by atoms with Crippen molar-refractivity contribution in [3.05, 3.63) is 200 Å². The molecule has 1 aliphatic rings. The zero-order chi connectivity index (χ0) is 55.9. The fraction of sp³-hybridized carbons (Fsp3) is 0.447. The molecule has 0 saturated carbocycles. The van der Waals surface area contributed by atoms with E-state index in [-0.39, 0.29) is 10.8 Å². The number of aryl methyl sites for hydroxylation is 8. The molecule has 78 heavy (non-hydrogen) atoms. The van der Waals surface area contributed by atoms with Crippen LogP contribution >= 0.6 is 0 Å². The van der Waals surface area contributed by atoms with Crippen molar-refractivity contribution < 1.29 is 0 Å². The Morgan fingerprint density at radius 3 is 1.15 bits per heavy atom. The van der Waals surface area contributed by atoms with Crippen LogP contribution in [0.3, 0.4) is 0 Å². The van der Waals surface area contributed by atoms with Crippen molar-refractivity contribution in [1.29, 1.82) is 0 Å². The molecule has 2 heteroatoms. The first-order valence-corrected chi connectivity index (χ1v) is 30.9. The highest BCUT2D eigenvalue weighted by Gasteiger charge is 2.46. The molecule has 412 valence electrons. The van der Waals surface area contributed by atoms with E-state index in [0.29, 0.717) is 0 Å². The Kier molecular flexibility index (Phi) is 18.7. The molecule has 7 aromatic carbocycles. The van der Waals surface area contributed by atoms with E-state index in [0.717, 1.165) is 44.9 Å². The molecule has 7 aromatic rings. The number of hydrogen-bond donors (Lipinski definition) is 0. The zero-order valence-corrected chi connectivity index (χ0v) is 51.3. The van der Waals surface area contributed by atoms with Gasteiger partial charge in [-0.05, 0) is 220 Å². The second-order valence-electron chi connectivity index (χ2n) is 24.7. The minimum Gasteiger partial charge on any atom is -0.310 e. The summed E-state index contributed by atoms with van der Waals surface area (Å²) < 4.78 is 0. The highest BCUT2D eigenvalue weighted by Crippen LogP contribution is 2.58. The summed E-state index contributed by atoms with van der Waals surface area (Å²) in [4.78, 5) is 5.19. The Bertz CT molecular complexity index is 2920. The van der Waals surface area contributed by atoms with Crippen LogP contribution in [0.2, 0.25) is 0 Å². The van der Waals surface area contributed by atoms with Gasteiger partial charge in [0, 0.05) is 28.2 Å². The van der Waals surface area contributed by atoms with Gasteiger partial charge in [-0.15, -0.1) is 0 Å². The number of hydrogen-bond acceptors (Lipinski definition) is 2. The molecule has 0 bridgehead atoms. The van der Waals surface area contributed by atoms with Gasteiger partial charge in [-0.3, -0.25) is 0 Å². The van der Waals surface area contributed by atoms with Crippen molar-refractivity contribution in [2.24, 2.45) is 0 Å². The van der Waals surface area contributed by atoms with Gasteiger partial charge in [-0.1, -0.05) is 209 Å².